The van der Waals surface area contributed by atoms with E-state index in [0.717, 1.165) is 43.6 Å². The Labute approximate surface area is 179 Å². The van der Waals surface area contributed by atoms with E-state index in [1.807, 2.05) is 12.1 Å². The van der Waals surface area contributed by atoms with Crippen LogP contribution in [0.1, 0.15) is 40.7 Å². The number of carbonyl (C=O) groups is 1. The molecule has 1 heterocycles. The number of hydrogen-bond donors (Lipinski definition) is 0. The number of benzene rings is 2. The Balaban J connectivity index is 1.28. The lowest BCUT2D eigenvalue weighted by atomic mass is 9.92. The van der Waals surface area contributed by atoms with Crippen molar-refractivity contribution in [3.8, 4) is 11.5 Å². The molecular formula is C26H31NO3. The molecule has 1 unspecified atom stereocenters. The summed E-state index contributed by atoms with van der Waals surface area (Å²) in [7, 11) is 3.23. The monoisotopic (exact) mass is 405 g/mol. The van der Waals surface area contributed by atoms with Crippen LogP contribution < -0.4 is 9.47 Å². The fraction of sp³-hybridized carbons (Fsp3) is 0.423. The summed E-state index contributed by atoms with van der Waals surface area (Å²) in [5.74, 6) is 2.16. The number of piperidine rings is 1. The van der Waals surface area contributed by atoms with Crippen molar-refractivity contribution in [2.24, 2.45) is 11.8 Å². The van der Waals surface area contributed by atoms with E-state index in [4.69, 9.17) is 9.47 Å². The average Bonchev–Trinajstić information content (AvgIpc) is 3.09. The Hall–Kier alpha value is -2.59. The van der Waals surface area contributed by atoms with Gasteiger partial charge in [0.15, 0.2) is 17.3 Å². The van der Waals surface area contributed by atoms with E-state index >= 15 is 0 Å². The number of allylic oxidation sites excluding steroid dienone is 2. The standard InChI is InChI=1S/C26H31NO3/c1-29-24-16-22-15-21(26(28)23(22)17-25(24)30-2)10-6-9-19-11-13-27(14-12-19)18-20-7-4-3-5-8-20/h3-8,10,16-17,19,21H,9,11-15,18H2,1-2H3/b10-6+. The number of carbonyl (C=O) groups excluding carboxylic acids is 1. The number of hydrogen-bond acceptors (Lipinski definition) is 4. The fourth-order valence-electron chi connectivity index (χ4n) is 4.66. The number of likely N-dealkylation sites (tertiary alicyclic amines) is 1. The third-order valence-electron chi connectivity index (χ3n) is 6.45. The number of ketones is 1. The summed E-state index contributed by atoms with van der Waals surface area (Å²) < 4.78 is 10.7. The smallest absolute Gasteiger partial charge is 0.170 e. The van der Waals surface area contributed by atoms with E-state index in [1.165, 1.54) is 18.4 Å². The summed E-state index contributed by atoms with van der Waals surface area (Å²) in [6.07, 6.45) is 8.62. The maximum absolute atomic E-state index is 12.8. The Morgan fingerprint density at radius 1 is 1.03 bits per heavy atom. The van der Waals surface area contributed by atoms with Gasteiger partial charge in [0.25, 0.3) is 0 Å². The van der Waals surface area contributed by atoms with Gasteiger partial charge in [-0.25, -0.2) is 0 Å². The zero-order valence-corrected chi connectivity index (χ0v) is 18.0. The van der Waals surface area contributed by atoms with Crippen molar-refractivity contribution in [1.82, 2.24) is 4.90 Å². The van der Waals surface area contributed by atoms with Gasteiger partial charge >= 0.3 is 0 Å². The average molecular weight is 406 g/mol. The highest BCUT2D eigenvalue weighted by Crippen LogP contribution is 2.37. The lowest BCUT2D eigenvalue weighted by molar-refractivity contribution is 0.0959. The van der Waals surface area contributed by atoms with Crippen LogP contribution in [0, 0.1) is 11.8 Å². The van der Waals surface area contributed by atoms with E-state index in [0.29, 0.717) is 17.4 Å². The molecule has 0 bridgehead atoms. The van der Waals surface area contributed by atoms with Gasteiger partial charge < -0.3 is 9.47 Å². The second-order valence-electron chi connectivity index (χ2n) is 8.41. The molecule has 0 radical (unpaired) electrons. The topological polar surface area (TPSA) is 38.8 Å². The largest absolute Gasteiger partial charge is 0.493 e. The van der Waals surface area contributed by atoms with Crippen LogP contribution >= 0.6 is 0 Å². The quantitative estimate of drug-likeness (QED) is 0.613. The van der Waals surface area contributed by atoms with E-state index in [9.17, 15) is 4.79 Å². The molecule has 2 aromatic rings. The molecule has 1 saturated heterocycles. The first-order valence-electron chi connectivity index (χ1n) is 10.9. The minimum absolute atomic E-state index is 0.0602. The number of Topliss-reactive ketones (excluding diaryl/α,β-unsaturated/α-hetero) is 1. The van der Waals surface area contributed by atoms with Crippen molar-refractivity contribution in [1.29, 1.82) is 0 Å². The molecule has 4 heteroatoms. The van der Waals surface area contributed by atoms with Crippen LogP contribution in [0.4, 0.5) is 0 Å². The molecule has 4 nitrogen and oxygen atoms in total. The minimum atomic E-state index is -0.0602. The van der Waals surface area contributed by atoms with E-state index in [2.05, 4.69) is 47.4 Å². The highest BCUT2D eigenvalue weighted by atomic mass is 16.5. The van der Waals surface area contributed by atoms with Gasteiger partial charge in [-0.05, 0) is 68.0 Å². The van der Waals surface area contributed by atoms with E-state index in [1.54, 1.807) is 14.2 Å². The normalized spacial score (nSPS) is 19.9. The van der Waals surface area contributed by atoms with Crippen LogP contribution in [0.2, 0.25) is 0 Å². The van der Waals surface area contributed by atoms with Crippen LogP contribution in [0.3, 0.4) is 0 Å². The Morgan fingerprint density at radius 3 is 2.43 bits per heavy atom. The van der Waals surface area contributed by atoms with Crippen molar-refractivity contribution in [2.75, 3.05) is 27.3 Å². The van der Waals surface area contributed by atoms with E-state index < -0.39 is 0 Å². The third kappa shape index (κ3) is 4.59. The molecule has 1 atom stereocenters. The predicted octanol–water partition coefficient (Wildman–Crippen LogP) is 4.92. The van der Waals surface area contributed by atoms with Gasteiger partial charge in [-0.1, -0.05) is 42.5 Å². The number of nitrogens with zero attached hydrogens (tertiary/aromatic N) is 1. The fourth-order valence-corrected chi connectivity index (χ4v) is 4.66. The van der Waals surface area contributed by atoms with Gasteiger partial charge in [0, 0.05) is 18.0 Å². The molecule has 2 aromatic carbocycles. The van der Waals surface area contributed by atoms with Crippen LogP contribution in [-0.2, 0) is 13.0 Å². The van der Waals surface area contributed by atoms with Gasteiger partial charge in [-0.3, -0.25) is 9.69 Å². The molecular weight excluding hydrogens is 374 g/mol. The maximum atomic E-state index is 12.8. The highest BCUT2D eigenvalue weighted by molar-refractivity contribution is 6.03. The molecule has 0 saturated carbocycles. The van der Waals surface area contributed by atoms with Crippen molar-refractivity contribution in [3.05, 3.63) is 71.3 Å². The molecule has 1 fully saturated rings. The predicted molar refractivity (Wildman–Crippen MR) is 119 cm³/mol. The second-order valence-corrected chi connectivity index (χ2v) is 8.41. The van der Waals surface area contributed by atoms with Crippen molar-refractivity contribution in [2.45, 2.75) is 32.2 Å². The third-order valence-corrected chi connectivity index (χ3v) is 6.45. The molecule has 158 valence electrons. The zero-order chi connectivity index (χ0) is 20.9. The lowest BCUT2D eigenvalue weighted by Crippen LogP contribution is -2.33. The SMILES string of the molecule is COc1cc2c(cc1OC)C(=O)C(/C=C/CC1CCN(Cc3ccccc3)CC1)C2. The Morgan fingerprint density at radius 2 is 1.73 bits per heavy atom. The van der Waals surface area contributed by atoms with E-state index in [-0.39, 0.29) is 11.7 Å². The summed E-state index contributed by atoms with van der Waals surface area (Å²) in [5.41, 5.74) is 3.22. The van der Waals surface area contributed by atoms with Crippen LogP contribution in [-0.4, -0.2) is 38.0 Å². The molecule has 4 rings (SSSR count). The van der Waals surface area contributed by atoms with Crippen molar-refractivity contribution < 1.29 is 14.3 Å². The van der Waals surface area contributed by atoms with Gasteiger partial charge in [0.2, 0.25) is 0 Å². The van der Waals surface area contributed by atoms with Crippen molar-refractivity contribution in [3.63, 3.8) is 0 Å². The molecule has 1 aliphatic carbocycles. The van der Waals surface area contributed by atoms with Gasteiger partial charge in [0.1, 0.15) is 0 Å². The Kier molecular flexibility index (Phi) is 6.53. The van der Waals surface area contributed by atoms with Gasteiger partial charge in [-0.2, -0.15) is 0 Å². The van der Waals surface area contributed by atoms with Gasteiger partial charge in [0.05, 0.1) is 14.2 Å². The molecule has 30 heavy (non-hydrogen) atoms. The first kappa shape index (κ1) is 20.7. The maximum Gasteiger partial charge on any atom is 0.170 e. The van der Waals surface area contributed by atoms with Gasteiger partial charge in [-0.15, -0.1) is 0 Å². The molecule has 0 N–H and O–H groups in total. The number of fused-ring (bicyclic) bond motifs is 1. The molecule has 0 aromatic heterocycles. The molecule has 0 spiro atoms. The van der Waals surface area contributed by atoms with Crippen LogP contribution in [0.25, 0.3) is 0 Å². The number of ether oxygens (including phenoxy) is 2. The van der Waals surface area contributed by atoms with Crippen LogP contribution in [0.5, 0.6) is 11.5 Å². The first-order chi connectivity index (χ1) is 14.7. The lowest BCUT2D eigenvalue weighted by Gasteiger charge is -2.31. The van der Waals surface area contributed by atoms with Crippen LogP contribution in [0.15, 0.2) is 54.6 Å². The minimum Gasteiger partial charge on any atom is -0.493 e. The first-order valence-corrected chi connectivity index (χ1v) is 10.9. The summed E-state index contributed by atoms with van der Waals surface area (Å²) >= 11 is 0. The number of rotatable bonds is 7. The molecule has 1 aliphatic heterocycles. The summed E-state index contributed by atoms with van der Waals surface area (Å²) in [4.78, 5) is 15.4. The van der Waals surface area contributed by atoms with Crippen molar-refractivity contribution >= 4 is 5.78 Å². The highest BCUT2D eigenvalue weighted by Gasteiger charge is 2.30. The Bertz CT molecular complexity index is 898. The summed E-state index contributed by atoms with van der Waals surface area (Å²) in [5, 5.41) is 0. The summed E-state index contributed by atoms with van der Waals surface area (Å²) in [6.45, 7) is 3.35. The number of methoxy groups -OCH3 is 2. The molecule has 2 aliphatic rings. The molecule has 0 amide bonds. The second kappa shape index (κ2) is 9.48. The zero-order valence-electron chi connectivity index (χ0n) is 18.0. The summed E-state index contributed by atoms with van der Waals surface area (Å²) in [6, 6.07) is 14.5.